The standard InChI is InChI=1S/C23H29N7O2/c1-16-14-17(2)30(26-16)13-8-22(31)29-12-7-21-19(15-29)20(27-28(21)3)6-11-25-23(32)18-4-9-24-10-5-18/h4-5,9-10,14H,6-8,11-13,15H2,1-3H3,(H,25,32). The summed E-state index contributed by atoms with van der Waals surface area (Å²) in [7, 11) is 1.94. The largest absolute Gasteiger partial charge is 0.352 e. The molecule has 0 fully saturated rings. The van der Waals surface area contributed by atoms with E-state index in [0.717, 1.165) is 29.1 Å². The molecule has 0 radical (unpaired) electrons. The molecule has 0 aliphatic carbocycles. The second kappa shape index (κ2) is 9.33. The van der Waals surface area contributed by atoms with E-state index in [-0.39, 0.29) is 11.8 Å². The lowest BCUT2D eigenvalue weighted by Gasteiger charge is -2.28. The minimum absolute atomic E-state index is 0.127. The molecular formula is C23H29N7O2. The maximum Gasteiger partial charge on any atom is 0.251 e. The van der Waals surface area contributed by atoms with Gasteiger partial charge in [-0.25, -0.2) is 0 Å². The molecule has 1 N–H and O–H groups in total. The van der Waals surface area contributed by atoms with Gasteiger partial charge in [-0.05, 0) is 32.0 Å². The smallest absolute Gasteiger partial charge is 0.251 e. The minimum atomic E-state index is -0.127. The number of rotatable bonds is 7. The van der Waals surface area contributed by atoms with E-state index in [4.69, 9.17) is 0 Å². The summed E-state index contributed by atoms with van der Waals surface area (Å²) >= 11 is 0. The molecular weight excluding hydrogens is 406 g/mol. The van der Waals surface area contributed by atoms with Crippen LogP contribution in [0.1, 0.15) is 45.1 Å². The zero-order valence-electron chi connectivity index (χ0n) is 18.8. The van der Waals surface area contributed by atoms with Crippen molar-refractivity contribution >= 4 is 11.8 Å². The number of nitrogens with one attached hydrogen (secondary N) is 1. The summed E-state index contributed by atoms with van der Waals surface area (Å²) in [6.07, 6.45) is 5.03. The van der Waals surface area contributed by atoms with Crippen LogP contribution in [0, 0.1) is 13.8 Å². The van der Waals surface area contributed by atoms with E-state index in [2.05, 4.69) is 20.5 Å². The third-order valence-electron chi connectivity index (χ3n) is 5.91. The van der Waals surface area contributed by atoms with Crippen molar-refractivity contribution in [2.75, 3.05) is 13.1 Å². The summed E-state index contributed by atoms with van der Waals surface area (Å²) < 4.78 is 3.80. The van der Waals surface area contributed by atoms with Crippen molar-refractivity contribution in [2.45, 2.75) is 46.2 Å². The maximum absolute atomic E-state index is 12.9. The van der Waals surface area contributed by atoms with E-state index in [1.807, 2.05) is 41.2 Å². The molecule has 0 saturated heterocycles. The second-order valence-corrected chi connectivity index (χ2v) is 8.20. The molecule has 1 aliphatic rings. The van der Waals surface area contributed by atoms with Crippen LogP contribution in [-0.2, 0) is 37.8 Å². The van der Waals surface area contributed by atoms with Gasteiger partial charge in [-0.1, -0.05) is 0 Å². The summed E-state index contributed by atoms with van der Waals surface area (Å²) in [6, 6.07) is 5.40. The van der Waals surface area contributed by atoms with Gasteiger partial charge in [0, 0.05) is 87.4 Å². The Labute approximate surface area is 187 Å². The van der Waals surface area contributed by atoms with Gasteiger partial charge in [-0.15, -0.1) is 0 Å². The van der Waals surface area contributed by atoms with Crippen molar-refractivity contribution in [3.8, 4) is 0 Å². The quantitative estimate of drug-likeness (QED) is 0.608. The van der Waals surface area contributed by atoms with E-state index in [0.29, 0.717) is 44.6 Å². The predicted molar refractivity (Wildman–Crippen MR) is 119 cm³/mol. The van der Waals surface area contributed by atoms with Crippen molar-refractivity contribution < 1.29 is 9.59 Å². The second-order valence-electron chi connectivity index (χ2n) is 8.20. The average molecular weight is 436 g/mol. The number of amides is 2. The summed E-state index contributed by atoms with van der Waals surface area (Å²) in [5.41, 5.74) is 5.84. The molecule has 32 heavy (non-hydrogen) atoms. The molecule has 0 atom stereocenters. The van der Waals surface area contributed by atoms with Crippen LogP contribution >= 0.6 is 0 Å². The number of nitrogens with zero attached hydrogens (tertiary/aromatic N) is 6. The topological polar surface area (TPSA) is 97.9 Å². The van der Waals surface area contributed by atoms with E-state index < -0.39 is 0 Å². The summed E-state index contributed by atoms with van der Waals surface area (Å²) in [5, 5.41) is 12.0. The first-order valence-corrected chi connectivity index (χ1v) is 10.9. The third-order valence-corrected chi connectivity index (χ3v) is 5.91. The van der Waals surface area contributed by atoms with Crippen LogP contribution in [-0.4, -0.2) is 54.3 Å². The number of carbonyl (C=O) groups excluding carboxylic acids is 2. The molecule has 3 aromatic heterocycles. The SMILES string of the molecule is Cc1cc(C)n(CCC(=O)N2CCc3c(c(CCNC(=O)c4ccncc4)nn3C)C2)n1. The van der Waals surface area contributed by atoms with Gasteiger partial charge in [0.15, 0.2) is 0 Å². The van der Waals surface area contributed by atoms with Crippen LogP contribution in [0.15, 0.2) is 30.6 Å². The molecule has 4 rings (SSSR count). The van der Waals surface area contributed by atoms with E-state index >= 15 is 0 Å². The number of hydrogen-bond acceptors (Lipinski definition) is 5. The van der Waals surface area contributed by atoms with Crippen molar-refractivity contribution in [1.29, 1.82) is 0 Å². The van der Waals surface area contributed by atoms with Gasteiger partial charge >= 0.3 is 0 Å². The van der Waals surface area contributed by atoms with Crippen LogP contribution in [0.4, 0.5) is 0 Å². The van der Waals surface area contributed by atoms with Gasteiger partial charge in [-0.3, -0.25) is 23.9 Å². The summed E-state index contributed by atoms with van der Waals surface area (Å²) in [5.74, 6) is 0.00199. The average Bonchev–Trinajstić information content (AvgIpc) is 3.29. The molecule has 9 heteroatoms. The Hall–Kier alpha value is -3.49. The molecule has 1 aliphatic heterocycles. The van der Waals surface area contributed by atoms with Crippen molar-refractivity contribution in [3.63, 3.8) is 0 Å². The number of aromatic nitrogens is 5. The Morgan fingerprint density at radius 2 is 1.94 bits per heavy atom. The number of aryl methyl sites for hydroxylation is 4. The summed E-state index contributed by atoms with van der Waals surface area (Å²) in [4.78, 5) is 31.0. The van der Waals surface area contributed by atoms with Gasteiger partial charge < -0.3 is 10.2 Å². The van der Waals surface area contributed by atoms with Gasteiger partial charge in [0.1, 0.15) is 0 Å². The Balaban J connectivity index is 1.35. The fourth-order valence-electron chi connectivity index (χ4n) is 4.24. The third kappa shape index (κ3) is 4.71. The fourth-order valence-corrected chi connectivity index (χ4v) is 4.24. The van der Waals surface area contributed by atoms with E-state index in [1.54, 1.807) is 24.5 Å². The first-order valence-electron chi connectivity index (χ1n) is 10.9. The Bertz CT molecular complexity index is 1120. The van der Waals surface area contributed by atoms with Gasteiger partial charge in [0.05, 0.1) is 11.4 Å². The molecule has 0 bridgehead atoms. The van der Waals surface area contributed by atoms with Crippen LogP contribution in [0.3, 0.4) is 0 Å². The lowest BCUT2D eigenvalue weighted by atomic mass is 10.0. The van der Waals surface area contributed by atoms with E-state index in [9.17, 15) is 9.59 Å². The van der Waals surface area contributed by atoms with E-state index in [1.165, 1.54) is 5.69 Å². The molecule has 0 spiro atoms. The Kier molecular flexibility index (Phi) is 6.34. The Morgan fingerprint density at radius 3 is 2.66 bits per heavy atom. The Morgan fingerprint density at radius 1 is 1.16 bits per heavy atom. The number of fused-ring (bicyclic) bond motifs is 1. The fraction of sp³-hybridized carbons (Fsp3) is 0.435. The number of carbonyl (C=O) groups is 2. The van der Waals surface area contributed by atoms with Crippen LogP contribution in [0.2, 0.25) is 0 Å². The highest BCUT2D eigenvalue weighted by atomic mass is 16.2. The molecule has 3 aromatic rings. The van der Waals surface area contributed by atoms with Crippen molar-refractivity contribution in [1.82, 2.24) is 34.8 Å². The summed E-state index contributed by atoms with van der Waals surface area (Å²) in [6.45, 7) is 6.29. The molecule has 0 aromatic carbocycles. The molecule has 4 heterocycles. The molecule has 0 unspecified atom stereocenters. The minimum Gasteiger partial charge on any atom is -0.352 e. The first kappa shape index (κ1) is 21.7. The van der Waals surface area contributed by atoms with Gasteiger partial charge in [-0.2, -0.15) is 10.2 Å². The molecule has 2 amide bonds. The number of pyridine rings is 1. The van der Waals surface area contributed by atoms with Crippen LogP contribution in [0.25, 0.3) is 0 Å². The molecule has 0 saturated carbocycles. The van der Waals surface area contributed by atoms with Crippen LogP contribution in [0.5, 0.6) is 0 Å². The molecule has 9 nitrogen and oxygen atoms in total. The van der Waals surface area contributed by atoms with Crippen molar-refractivity contribution in [2.24, 2.45) is 7.05 Å². The van der Waals surface area contributed by atoms with Crippen molar-refractivity contribution in [3.05, 3.63) is 64.5 Å². The van der Waals surface area contributed by atoms with Gasteiger partial charge in [0.2, 0.25) is 5.91 Å². The lowest BCUT2D eigenvalue weighted by molar-refractivity contribution is -0.132. The molecule has 168 valence electrons. The number of hydrogen-bond donors (Lipinski definition) is 1. The maximum atomic E-state index is 12.9. The predicted octanol–water partition coefficient (Wildman–Crippen LogP) is 1.58. The highest BCUT2D eigenvalue weighted by molar-refractivity contribution is 5.93. The normalized spacial score (nSPS) is 13.2. The highest BCUT2D eigenvalue weighted by Crippen LogP contribution is 2.23. The van der Waals surface area contributed by atoms with Crippen LogP contribution < -0.4 is 5.32 Å². The van der Waals surface area contributed by atoms with Gasteiger partial charge in [0.25, 0.3) is 5.91 Å². The zero-order chi connectivity index (χ0) is 22.7. The highest BCUT2D eigenvalue weighted by Gasteiger charge is 2.26. The lowest BCUT2D eigenvalue weighted by Crippen LogP contribution is -2.37. The monoisotopic (exact) mass is 435 g/mol. The zero-order valence-corrected chi connectivity index (χ0v) is 18.8. The first-order chi connectivity index (χ1) is 15.4.